The van der Waals surface area contributed by atoms with Crippen LogP contribution < -0.4 is 5.32 Å². The predicted molar refractivity (Wildman–Crippen MR) is 83.3 cm³/mol. The van der Waals surface area contributed by atoms with Crippen molar-refractivity contribution in [2.45, 2.75) is 18.4 Å². The Morgan fingerprint density at radius 3 is 2.52 bits per heavy atom. The monoisotopic (exact) mass is 338 g/mol. The lowest BCUT2D eigenvalue weighted by Gasteiger charge is -2.07. The number of pyridine rings is 1. The molecule has 1 amide bonds. The molecule has 0 aliphatic rings. The Balaban J connectivity index is 1.83. The summed E-state index contributed by atoms with van der Waals surface area (Å²) in [4.78, 5) is 15.7. The zero-order chi connectivity index (χ0) is 16.8. The molecule has 0 fully saturated rings. The molecule has 2 rings (SSSR count). The highest BCUT2D eigenvalue weighted by Gasteiger charge is 2.12. The van der Waals surface area contributed by atoms with Gasteiger partial charge in [0.05, 0.1) is 10.8 Å². The third kappa shape index (κ3) is 4.92. The molecule has 0 saturated carbocycles. The molecule has 1 heterocycles. The number of rotatable bonds is 6. The smallest absolute Gasteiger partial charge is 0.233 e. The van der Waals surface area contributed by atoms with Crippen molar-refractivity contribution >= 4 is 16.7 Å². The lowest BCUT2D eigenvalue weighted by Crippen LogP contribution is -2.30. The van der Waals surface area contributed by atoms with Crippen LogP contribution in [0.4, 0.5) is 8.78 Å². The molecule has 0 bridgehead atoms. The molecular formula is C16H16F2N2O2S. The number of hydrogen-bond donors (Lipinski definition) is 1. The Kier molecular flexibility index (Phi) is 5.92. The minimum Gasteiger partial charge on any atom is -0.355 e. The second kappa shape index (κ2) is 7.92. The van der Waals surface area contributed by atoms with E-state index in [9.17, 15) is 17.8 Å². The summed E-state index contributed by atoms with van der Waals surface area (Å²) < 4.78 is 38.8. The summed E-state index contributed by atoms with van der Waals surface area (Å²) in [5, 5.41) is 2.83. The number of aryl methyl sites for hydroxylation is 1. The number of halogens is 2. The van der Waals surface area contributed by atoms with Gasteiger partial charge in [0.25, 0.3) is 0 Å². The second-order valence-electron chi connectivity index (χ2n) is 4.96. The summed E-state index contributed by atoms with van der Waals surface area (Å²) in [6, 6.07) is 6.98. The van der Waals surface area contributed by atoms with Gasteiger partial charge in [-0.25, -0.2) is 13.8 Å². The molecule has 4 nitrogen and oxygen atoms in total. The molecule has 1 atom stereocenters. The fourth-order valence-corrected chi connectivity index (χ4v) is 2.81. The molecule has 0 aliphatic carbocycles. The zero-order valence-electron chi connectivity index (χ0n) is 12.5. The average Bonchev–Trinajstić information content (AvgIpc) is 2.51. The molecule has 1 aromatic heterocycles. The van der Waals surface area contributed by atoms with Crippen LogP contribution in [0.3, 0.4) is 0 Å². The first-order chi connectivity index (χ1) is 11.0. The summed E-state index contributed by atoms with van der Waals surface area (Å²) in [6.45, 7) is 1.92. The molecule has 2 aromatic rings. The van der Waals surface area contributed by atoms with Crippen LogP contribution in [0, 0.1) is 18.6 Å². The van der Waals surface area contributed by atoms with Gasteiger partial charge in [0, 0.05) is 18.3 Å². The number of hydrogen-bond acceptors (Lipinski definition) is 3. The van der Waals surface area contributed by atoms with Crippen LogP contribution in [0.15, 0.2) is 41.6 Å². The summed E-state index contributed by atoms with van der Waals surface area (Å²) in [6.07, 6.45) is 1.60. The van der Waals surface area contributed by atoms with Crippen LogP contribution in [0.5, 0.6) is 0 Å². The maximum atomic E-state index is 13.4. The first kappa shape index (κ1) is 17.2. The maximum Gasteiger partial charge on any atom is 0.233 e. The second-order valence-corrected chi connectivity index (χ2v) is 6.36. The first-order valence-corrected chi connectivity index (χ1v) is 8.30. The van der Waals surface area contributed by atoms with Crippen molar-refractivity contribution in [1.82, 2.24) is 10.3 Å². The number of nitrogens with one attached hydrogen (secondary N) is 1. The summed E-state index contributed by atoms with van der Waals surface area (Å²) in [5.74, 6) is -1.99. The van der Waals surface area contributed by atoms with Gasteiger partial charge in [-0.05, 0) is 37.1 Å². The van der Waals surface area contributed by atoms with Crippen LogP contribution in [0.1, 0.15) is 11.1 Å². The van der Waals surface area contributed by atoms with Crippen molar-refractivity contribution in [3.05, 3.63) is 59.3 Å². The lowest BCUT2D eigenvalue weighted by atomic mass is 10.1. The molecule has 1 N–H and O–H groups in total. The van der Waals surface area contributed by atoms with Gasteiger partial charge in [0.2, 0.25) is 5.91 Å². The molecule has 0 unspecified atom stereocenters. The third-order valence-electron chi connectivity index (χ3n) is 3.14. The zero-order valence-corrected chi connectivity index (χ0v) is 13.3. The van der Waals surface area contributed by atoms with Crippen LogP contribution >= 0.6 is 0 Å². The molecule has 122 valence electrons. The minimum atomic E-state index is -1.55. The fraction of sp³-hybridized carbons (Fsp3) is 0.250. The predicted octanol–water partition coefficient (Wildman–Crippen LogP) is 2.13. The SMILES string of the molecule is Cc1ccc([S@](=O)CC(=O)NCCc2c(F)cccc2F)nc1. The van der Waals surface area contributed by atoms with Gasteiger partial charge in [-0.3, -0.25) is 9.00 Å². The standard InChI is InChI=1S/C16H16F2N2O2S/c1-11-5-6-16(20-9-11)23(22)10-15(21)19-8-7-12-13(17)3-2-4-14(12)18/h2-6,9H,7-8,10H2,1H3,(H,19,21)/t23-/m1/s1. The van der Waals surface area contributed by atoms with E-state index >= 15 is 0 Å². The van der Waals surface area contributed by atoms with Crippen molar-refractivity contribution in [3.63, 3.8) is 0 Å². The van der Waals surface area contributed by atoms with E-state index in [4.69, 9.17) is 0 Å². The van der Waals surface area contributed by atoms with Crippen LogP contribution in [0.25, 0.3) is 0 Å². The van der Waals surface area contributed by atoms with Gasteiger partial charge >= 0.3 is 0 Å². The maximum absolute atomic E-state index is 13.4. The summed E-state index contributed by atoms with van der Waals surface area (Å²) in [7, 11) is -1.55. The summed E-state index contributed by atoms with van der Waals surface area (Å²) >= 11 is 0. The Hall–Kier alpha value is -2.15. The van der Waals surface area contributed by atoms with Gasteiger partial charge in [0.15, 0.2) is 0 Å². The van der Waals surface area contributed by atoms with Crippen molar-refractivity contribution < 1.29 is 17.8 Å². The summed E-state index contributed by atoms with van der Waals surface area (Å²) in [5.41, 5.74) is 0.858. The van der Waals surface area contributed by atoms with Gasteiger partial charge in [-0.1, -0.05) is 12.1 Å². The van der Waals surface area contributed by atoms with E-state index in [0.717, 1.165) is 5.56 Å². The van der Waals surface area contributed by atoms with Crippen molar-refractivity contribution in [2.24, 2.45) is 0 Å². The lowest BCUT2D eigenvalue weighted by molar-refractivity contribution is -0.118. The van der Waals surface area contributed by atoms with Gasteiger partial charge in [0.1, 0.15) is 22.4 Å². The molecule has 0 aliphatic heterocycles. The molecular weight excluding hydrogens is 322 g/mol. The third-order valence-corrected chi connectivity index (χ3v) is 4.37. The van der Waals surface area contributed by atoms with Gasteiger partial charge in [-0.2, -0.15) is 0 Å². The fourth-order valence-electron chi connectivity index (χ4n) is 1.93. The van der Waals surface area contributed by atoms with E-state index in [-0.39, 0.29) is 24.3 Å². The Morgan fingerprint density at radius 1 is 1.22 bits per heavy atom. The highest BCUT2D eigenvalue weighted by Crippen LogP contribution is 2.12. The van der Waals surface area contributed by atoms with Crippen molar-refractivity contribution in [1.29, 1.82) is 0 Å². The van der Waals surface area contributed by atoms with Gasteiger partial charge < -0.3 is 5.32 Å². The number of nitrogens with zero attached hydrogens (tertiary/aromatic N) is 1. The molecule has 0 saturated heterocycles. The normalized spacial score (nSPS) is 12.0. The number of benzene rings is 1. The largest absolute Gasteiger partial charge is 0.355 e. The van der Waals surface area contributed by atoms with E-state index in [1.165, 1.54) is 18.2 Å². The number of carbonyl (C=O) groups excluding carboxylic acids is 1. The Bertz CT molecular complexity index is 700. The van der Waals surface area contributed by atoms with Gasteiger partial charge in [-0.15, -0.1) is 0 Å². The molecule has 23 heavy (non-hydrogen) atoms. The number of amides is 1. The van der Waals surface area contributed by atoms with Crippen LogP contribution in [-0.4, -0.2) is 27.4 Å². The average molecular weight is 338 g/mol. The van der Waals surface area contributed by atoms with E-state index in [1.807, 2.05) is 6.92 Å². The van der Waals surface area contributed by atoms with Crippen molar-refractivity contribution in [2.75, 3.05) is 12.3 Å². The number of aromatic nitrogens is 1. The molecule has 0 spiro atoms. The topological polar surface area (TPSA) is 59.1 Å². The van der Waals surface area contributed by atoms with E-state index < -0.39 is 28.3 Å². The molecule has 0 radical (unpaired) electrons. The van der Waals surface area contributed by atoms with E-state index in [2.05, 4.69) is 10.3 Å². The Labute approximate surface area is 135 Å². The van der Waals surface area contributed by atoms with E-state index in [0.29, 0.717) is 5.03 Å². The van der Waals surface area contributed by atoms with E-state index in [1.54, 1.807) is 18.3 Å². The molecule has 7 heteroatoms. The van der Waals surface area contributed by atoms with Crippen LogP contribution in [-0.2, 0) is 22.0 Å². The Morgan fingerprint density at radius 2 is 1.91 bits per heavy atom. The van der Waals surface area contributed by atoms with Crippen molar-refractivity contribution in [3.8, 4) is 0 Å². The number of carbonyl (C=O) groups is 1. The first-order valence-electron chi connectivity index (χ1n) is 6.98. The van der Waals surface area contributed by atoms with Crippen LogP contribution in [0.2, 0.25) is 0 Å². The highest BCUT2D eigenvalue weighted by molar-refractivity contribution is 7.85. The highest BCUT2D eigenvalue weighted by atomic mass is 32.2. The quantitative estimate of drug-likeness (QED) is 0.878. The molecule has 1 aromatic carbocycles. The minimum absolute atomic E-state index is 0.0274.